The van der Waals surface area contributed by atoms with E-state index in [1.54, 1.807) is 13.3 Å². The van der Waals surface area contributed by atoms with Crippen LogP contribution in [0, 0.1) is 0 Å². The molecule has 1 aromatic carbocycles. The molecule has 3 heterocycles. The molecule has 0 unspecified atom stereocenters. The predicted molar refractivity (Wildman–Crippen MR) is 123 cm³/mol. The first-order valence-electron chi connectivity index (χ1n) is 10.5. The van der Waals surface area contributed by atoms with Crippen LogP contribution in [0.3, 0.4) is 0 Å². The molecule has 4 rings (SSSR count). The van der Waals surface area contributed by atoms with E-state index in [0.717, 1.165) is 59.8 Å². The van der Waals surface area contributed by atoms with Gasteiger partial charge in [0.05, 0.1) is 23.6 Å². The van der Waals surface area contributed by atoms with Crippen molar-refractivity contribution in [1.29, 1.82) is 0 Å². The Morgan fingerprint density at radius 3 is 2.77 bits per heavy atom. The van der Waals surface area contributed by atoms with E-state index in [1.807, 2.05) is 41.8 Å². The molecule has 31 heavy (non-hydrogen) atoms. The van der Waals surface area contributed by atoms with Gasteiger partial charge in [-0.15, -0.1) is 11.3 Å². The summed E-state index contributed by atoms with van der Waals surface area (Å²) in [4.78, 5) is 21.8. The molecule has 2 aromatic heterocycles. The van der Waals surface area contributed by atoms with Gasteiger partial charge < -0.3 is 15.2 Å². The molecule has 1 aliphatic heterocycles. The second-order valence-corrected chi connectivity index (χ2v) is 8.62. The van der Waals surface area contributed by atoms with Crippen molar-refractivity contribution in [2.45, 2.75) is 6.10 Å². The van der Waals surface area contributed by atoms with Crippen LogP contribution in [0.4, 0.5) is 0 Å². The van der Waals surface area contributed by atoms with E-state index in [9.17, 15) is 9.90 Å². The Morgan fingerprint density at radius 1 is 1.23 bits per heavy atom. The van der Waals surface area contributed by atoms with E-state index in [1.165, 1.54) is 11.3 Å². The van der Waals surface area contributed by atoms with Crippen molar-refractivity contribution in [3.8, 4) is 5.75 Å². The summed E-state index contributed by atoms with van der Waals surface area (Å²) in [5, 5.41) is 16.7. The molecule has 1 amide bonds. The number of rotatable bonds is 8. The maximum Gasteiger partial charge on any atom is 0.261 e. The Kier molecular flexibility index (Phi) is 7.14. The van der Waals surface area contributed by atoms with Crippen LogP contribution in [0.1, 0.15) is 21.3 Å². The van der Waals surface area contributed by atoms with Gasteiger partial charge in [0, 0.05) is 57.4 Å². The molecule has 0 bridgehead atoms. The first-order valence-corrected chi connectivity index (χ1v) is 11.4. The van der Waals surface area contributed by atoms with Gasteiger partial charge in [0.15, 0.2) is 0 Å². The van der Waals surface area contributed by atoms with Crippen molar-refractivity contribution in [3.05, 3.63) is 58.4 Å². The lowest BCUT2D eigenvalue weighted by atomic mass is 10.0. The SMILES string of the molecule is COc1ccc2nccc([C@@H](O)CN3CCN(CCNC(=O)c4cccs4)CC3)c2c1. The van der Waals surface area contributed by atoms with Crippen molar-refractivity contribution < 1.29 is 14.6 Å². The summed E-state index contributed by atoms with van der Waals surface area (Å²) in [5.41, 5.74) is 1.73. The molecule has 164 valence electrons. The van der Waals surface area contributed by atoms with Crippen LogP contribution in [0.15, 0.2) is 48.0 Å². The van der Waals surface area contributed by atoms with Crippen LogP contribution in [-0.4, -0.2) is 78.7 Å². The Bertz CT molecular complexity index is 1000. The van der Waals surface area contributed by atoms with Gasteiger partial charge >= 0.3 is 0 Å². The van der Waals surface area contributed by atoms with Crippen LogP contribution >= 0.6 is 11.3 Å². The second-order valence-electron chi connectivity index (χ2n) is 7.67. The van der Waals surface area contributed by atoms with Gasteiger partial charge in [0.25, 0.3) is 5.91 Å². The van der Waals surface area contributed by atoms with Gasteiger partial charge in [-0.2, -0.15) is 0 Å². The van der Waals surface area contributed by atoms with Crippen LogP contribution < -0.4 is 10.1 Å². The lowest BCUT2D eigenvalue weighted by Gasteiger charge is -2.35. The Hall–Kier alpha value is -2.52. The first-order chi connectivity index (χ1) is 15.1. The number of benzene rings is 1. The van der Waals surface area contributed by atoms with E-state index in [-0.39, 0.29) is 5.91 Å². The molecule has 1 saturated heterocycles. The molecular formula is C23H28N4O3S. The van der Waals surface area contributed by atoms with Gasteiger partial charge in [-0.1, -0.05) is 6.07 Å². The standard InChI is InChI=1S/C23H28N4O3S/c1-30-17-4-5-20-19(15-17)18(6-7-24-20)21(28)16-27-12-10-26(11-13-27)9-8-25-23(29)22-3-2-14-31-22/h2-7,14-15,21,28H,8-13,16H2,1H3,(H,25,29)/t21-/m0/s1. The molecule has 0 aliphatic carbocycles. The summed E-state index contributed by atoms with van der Waals surface area (Å²) in [5.74, 6) is 0.756. The fraction of sp³-hybridized carbons (Fsp3) is 0.391. The molecule has 0 radical (unpaired) electrons. The number of aliphatic hydroxyl groups excluding tert-OH is 1. The van der Waals surface area contributed by atoms with E-state index in [0.29, 0.717) is 13.1 Å². The highest BCUT2D eigenvalue weighted by molar-refractivity contribution is 7.12. The molecule has 3 aromatic rings. The number of piperazine rings is 1. The number of carbonyl (C=O) groups excluding carboxylic acids is 1. The van der Waals surface area contributed by atoms with Gasteiger partial charge in [-0.05, 0) is 41.3 Å². The predicted octanol–water partition coefficient (Wildman–Crippen LogP) is 2.39. The summed E-state index contributed by atoms with van der Waals surface area (Å²) < 4.78 is 5.34. The Morgan fingerprint density at radius 2 is 2.03 bits per heavy atom. The summed E-state index contributed by atoms with van der Waals surface area (Å²) in [6, 6.07) is 11.3. The number of methoxy groups -OCH3 is 1. The number of fused-ring (bicyclic) bond motifs is 1. The highest BCUT2D eigenvalue weighted by atomic mass is 32.1. The van der Waals surface area contributed by atoms with E-state index >= 15 is 0 Å². The van der Waals surface area contributed by atoms with Crippen LogP contribution in [0.2, 0.25) is 0 Å². The lowest BCUT2D eigenvalue weighted by molar-refractivity contribution is 0.0725. The van der Waals surface area contributed by atoms with Gasteiger partial charge in [-0.3, -0.25) is 19.6 Å². The third-order valence-corrected chi connectivity index (χ3v) is 6.56. The number of β-amino-alcohol motifs (C(OH)–C–C–N with tert-alkyl or cyclic N) is 1. The number of aliphatic hydroxyl groups is 1. The smallest absolute Gasteiger partial charge is 0.261 e. The molecular weight excluding hydrogens is 412 g/mol. The zero-order valence-corrected chi connectivity index (χ0v) is 18.5. The Balaban J connectivity index is 1.26. The molecule has 1 fully saturated rings. The minimum atomic E-state index is -0.589. The summed E-state index contributed by atoms with van der Waals surface area (Å²) in [7, 11) is 1.64. The largest absolute Gasteiger partial charge is 0.497 e. The maximum absolute atomic E-state index is 12.0. The van der Waals surface area contributed by atoms with Crippen molar-refractivity contribution in [1.82, 2.24) is 20.1 Å². The number of nitrogens with zero attached hydrogens (tertiary/aromatic N) is 3. The number of ether oxygens (including phenoxy) is 1. The number of pyridine rings is 1. The molecule has 0 spiro atoms. The number of thiophene rings is 1. The number of aromatic nitrogens is 1. The number of nitrogens with one attached hydrogen (secondary N) is 1. The zero-order chi connectivity index (χ0) is 21.6. The van der Waals surface area contributed by atoms with Crippen molar-refractivity contribution >= 4 is 28.1 Å². The molecule has 1 atom stereocenters. The highest BCUT2D eigenvalue weighted by Gasteiger charge is 2.21. The van der Waals surface area contributed by atoms with Crippen LogP contribution in [0.25, 0.3) is 10.9 Å². The summed E-state index contributed by atoms with van der Waals surface area (Å²) in [6.07, 6.45) is 1.16. The molecule has 2 N–H and O–H groups in total. The van der Waals surface area contributed by atoms with Crippen molar-refractivity contribution in [2.75, 3.05) is 52.9 Å². The fourth-order valence-electron chi connectivity index (χ4n) is 3.92. The van der Waals surface area contributed by atoms with E-state index in [2.05, 4.69) is 20.1 Å². The lowest BCUT2D eigenvalue weighted by Crippen LogP contribution is -2.49. The van der Waals surface area contributed by atoms with Gasteiger partial charge in [0.2, 0.25) is 0 Å². The number of hydrogen-bond donors (Lipinski definition) is 2. The van der Waals surface area contributed by atoms with Gasteiger partial charge in [0.1, 0.15) is 5.75 Å². The normalized spacial score (nSPS) is 16.3. The first kappa shape index (κ1) is 21.7. The average Bonchev–Trinajstić information content (AvgIpc) is 3.34. The highest BCUT2D eigenvalue weighted by Crippen LogP contribution is 2.27. The van der Waals surface area contributed by atoms with Crippen LogP contribution in [0.5, 0.6) is 5.75 Å². The van der Waals surface area contributed by atoms with Crippen molar-refractivity contribution in [3.63, 3.8) is 0 Å². The topological polar surface area (TPSA) is 77.9 Å². The third-order valence-electron chi connectivity index (χ3n) is 5.70. The number of carbonyl (C=O) groups is 1. The number of amides is 1. The summed E-state index contributed by atoms with van der Waals surface area (Å²) in [6.45, 7) is 5.69. The van der Waals surface area contributed by atoms with E-state index in [4.69, 9.17) is 4.74 Å². The van der Waals surface area contributed by atoms with Crippen molar-refractivity contribution in [2.24, 2.45) is 0 Å². The maximum atomic E-state index is 12.0. The van der Waals surface area contributed by atoms with Crippen LogP contribution in [-0.2, 0) is 0 Å². The van der Waals surface area contributed by atoms with Gasteiger partial charge in [-0.25, -0.2) is 0 Å². The minimum absolute atomic E-state index is 0.00188. The zero-order valence-electron chi connectivity index (χ0n) is 17.7. The molecule has 1 aliphatic rings. The Labute approximate surface area is 186 Å². The third kappa shape index (κ3) is 5.40. The van der Waals surface area contributed by atoms with E-state index < -0.39 is 6.10 Å². The molecule has 0 saturated carbocycles. The fourth-order valence-corrected chi connectivity index (χ4v) is 4.57. The quantitative estimate of drug-likeness (QED) is 0.560. The number of hydrogen-bond acceptors (Lipinski definition) is 7. The minimum Gasteiger partial charge on any atom is -0.497 e. The molecule has 7 nitrogen and oxygen atoms in total. The molecule has 8 heteroatoms. The summed E-state index contributed by atoms with van der Waals surface area (Å²) >= 11 is 1.46. The monoisotopic (exact) mass is 440 g/mol. The second kappa shape index (κ2) is 10.2. The average molecular weight is 441 g/mol.